The number of hydrogen-bond acceptors (Lipinski definition) is 2. The lowest BCUT2D eigenvalue weighted by Gasteiger charge is -1.99. The van der Waals surface area contributed by atoms with Crippen LogP contribution in [-0.4, -0.2) is 6.29 Å². The summed E-state index contributed by atoms with van der Waals surface area (Å²) in [5, 5.41) is 0. The fourth-order valence-electron chi connectivity index (χ4n) is 1.38. The first-order valence-corrected chi connectivity index (χ1v) is 4.46. The molecule has 0 unspecified atom stereocenters. The van der Waals surface area contributed by atoms with Crippen LogP contribution < -0.4 is 0 Å². The summed E-state index contributed by atoms with van der Waals surface area (Å²) in [5.74, 6) is 3.49. The standard InChI is InChI=1S/C13H8O2/c1-2-10-5-3-4-6-12(10)13-8-7-11(9-14)15-13/h1,3-9H. The van der Waals surface area contributed by atoms with Crippen molar-refractivity contribution in [1.82, 2.24) is 0 Å². The molecule has 1 aromatic carbocycles. The molecule has 2 aromatic rings. The number of hydrogen-bond donors (Lipinski definition) is 0. The van der Waals surface area contributed by atoms with Crippen LogP contribution in [0, 0.1) is 12.3 Å². The molecule has 1 heterocycles. The number of aldehydes is 1. The molecule has 0 aliphatic heterocycles. The van der Waals surface area contributed by atoms with Gasteiger partial charge in [-0.2, -0.15) is 0 Å². The van der Waals surface area contributed by atoms with Crippen LogP contribution in [0.25, 0.3) is 11.3 Å². The van der Waals surface area contributed by atoms with Crippen LogP contribution in [0.15, 0.2) is 40.8 Å². The second kappa shape index (κ2) is 3.85. The lowest BCUT2D eigenvalue weighted by Crippen LogP contribution is -1.80. The van der Waals surface area contributed by atoms with E-state index in [-0.39, 0.29) is 0 Å². The van der Waals surface area contributed by atoms with E-state index >= 15 is 0 Å². The van der Waals surface area contributed by atoms with Crippen molar-refractivity contribution in [1.29, 1.82) is 0 Å². The average molecular weight is 196 g/mol. The fourth-order valence-corrected chi connectivity index (χ4v) is 1.38. The normalized spacial score (nSPS) is 9.53. The minimum absolute atomic E-state index is 0.303. The molecule has 0 radical (unpaired) electrons. The molecule has 2 heteroatoms. The van der Waals surface area contributed by atoms with Gasteiger partial charge in [0.15, 0.2) is 12.0 Å². The van der Waals surface area contributed by atoms with Crippen molar-refractivity contribution in [3.63, 3.8) is 0 Å². The van der Waals surface area contributed by atoms with Gasteiger partial charge in [0.1, 0.15) is 5.76 Å². The zero-order valence-electron chi connectivity index (χ0n) is 7.94. The van der Waals surface area contributed by atoms with Gasteiger partial charge in [-0.25, -0.2) is 0 Å². The van der Waals surface area contributed by atoms with Gasteiger partial charge in [0.2, 0.25) is 0 Å². The number of furan rings is 1. The van der Waals surface area contributed by atoms with Crippen LogP contribution in [0.4, 0.5) is 0 Å². The van der Waals surface area contributed by atoms with Gasteiger partial charge >= 0.3 is 0 Å². The molecule has 1 aromatic heterocycles. The predicted octanol–water partition coefficient (Wildman–Crippen LogP) is 2.74. The van der Waals surface area contributed by atoms with Crippen LogP contribution in [0.5, 0.6) is 0 Å². The van der Waals surface area contributed by atoms with Gasteiger partial charge in [0.05, 0.1) is 0 Å². The highest BCUT2D eigenvalue weighted by Crippen LogP contribution is 2.24. The van der Waals surface area contributed by atoms with E-state index in [2.05, 4.69) is 5.92 Å². The van der Waals surface area contributed by atoms with Crippen molar-refractivity contribution in [2.24, 2.45) is 0 Å². The molecule has 15 heavy (non-hydrogen) atoms. The maximum Gasteiger partial charge on any atom is 0.185 e. The molecule has 0 bridgehead atoms. The molecule has 72 valence electrons. The summed E-state index contributed by atoms with van der Waals surface area (Å²) in [7, 11) is 0. The Balaban J connectivity index is 2.54. The first-order chi connectivity index (χ1) is 7.35. The third kappa shape index (κ3) is 1.68. The minimum Gasteiger partial charge on any atom is -0.453 e. The Morgan fingerprint density at radius 2 is 2.00 bits per heavy atom. The predicted molar refractivity (Wildman–Crippen MR) is 57.5 cm³/mol. The van der Waals surface area contributed by atoms with Gasteiger partial charge in [-0.1, -0.05) is 18.1 Å². The Hall–Kier alpha value is -2.27. The molecule has 0 aliphatic carbocycles. The molecule has 0 fully saturated rings. The van der Waals surface area contributed by atoms with Gasteiger partial charge in [0.25, 0.3) is 0 Å². The largest absolute Gasteiger partial charge is 0.453 e. The summed E-state index contributed by atoms with van der Waals surface area (Å²) in [6.45, 7) is 0. The van der Waals surface area contributed by atoms with Crippen molar-refractivity contribution < 1.29 is 9.21 Å². The Kier molecular flexibility index (Phi) is 2.38. The number of carbonyl (C=O) groups excluding carboxylic acids is 1. The molecule has 0 saturated heterocycles. The Morgan fingerprint density at radius 3 is 2.67 bits per heavy atom. The van der Waals surface area contributed by atoms with Crippen molar-refractivity contribution in [3.8, 4) is 23.7 Å². The van der Waals surface area contributed by atoms with Crippen molar-refractivity contribution in [3.05, 3.63) is 47.7 Å². The topological polar surface area (TPSA) is 30.2 Å². The van der Waals surface area contributed by atoms with E-state index in [0.717, 1.165) is 11.1 Å². The first-order valence-electron chi connectivity index (χ1n) is 4.46. The van der Waals surface area contributed by atoms with Gasteiger partial charge in [-0.3, -0.25) is 4.79 Å². The molecular weight excluding hydrogens is 188 g/mol. The lowest BCUT2D eigenvalue weighted by atomic mass is 10.1. The lowest BCUT2D eigenvalue weighted by molar-refractivity contribution is 0.110. The van der Waals surface area contributed by atoms with Crippen LogP contribution >= 0.6 is 0 Å². The SMILES string of the molecule is C#Cc1ccccc1-c1ccc(C=O)o1. The number of terminal acetylenes is 1. The zero-order chi connectivity index (χ0) is 10.7. The molecule has 0 atom stereocenters. The van der Waals surface area contributed by atoms with Gasteiger partial charge in [-0.15, -0.1) is 6.42 Å². The van der Waals surface area contributed by atoms with E-state index in [1.54, 1.807) is 12.1 Å². The van der Waals surface area contributed by atoms with E-state index in [1.165, 1.54) is 0 Å². The summed E-state index contributed by atoms with van der Waals surface area (Å²) in [4.78, 5) is 10.5. The summed E-state index contributed by atoms with van der Waals surface area (Å²) in [6.07, 6.45) is 6.03. The summed E-state index contributed by atoms with van der Waals surface area (Å²) in [6, 6.07) is 10.8. The number of rotatable bonds is 2. The van der Waals surface area contributed by atoms with Crippen LogP contribution in [-0.2, 0) is 0 Å². The minimum atomic E-state index is 0.303. The highest BCUT2D eigenvalue weighted by atomic mass is 16.3. The molecular formula is C13H8O2. The second-order valence-corrected chi connectivity index (χ2v) is 3.01. The van der Waals surface area contributed by atoms with Crippen LogP contribution in [0.3, 0.4) is 0 Å². The monoisotopic (exact) mass is 196 g/mol. The number of carbonyl (C=O) groups is 1. The Labute approximate surface area is 87.5 Å². The molecule has 0 amide bonds. The third-order valence-corrected chi connectivity index (χ3v) is 2.09. The van der Waals surface area contributed by atoms with Gasteiger partial charge in [0, 0.05) is 11.1 Å². The third-order valence-electron chi connectivity index (χ3n) is 2.09. The van der Waals surface area contributed by atoms with Crippen LogP contribution in [0.2, 0.25) is 0 Å². The quantitative estimate of drug-likeness (QED) is 0.546. The van der Waals surface area contributed by atoms with E-state index in [9.17, 15) is 4.79 Å². The molecule has 2 nitrogen and oxygen atoms in total. The Morgan fingerprint density at radius 1 is 1.20 bits per heavy atom. The first kappa shape index (κ1) is 9.29. The van der Waals surface area contributed by atoms with E-state index in [4.69, 9.17) is 10.8 Å². The van der Waals surface area contributed by atoms with Crippen molar-refractivity contribution in [2.75, 3.05) is 0 Å². The average Bonchev–Trinajstić information content (AvgIpc) is 2.77. The van der Waals surface area contributed by atoms with Crippen LogP contribution in [0.1, 0.15) is 16.1 Å². The highest BCUT2D eigenvalue weighted by molar-refractivity contribution is 5.74. The maximum atomic E-state index is 10.5. The fraction of sp³-hybridized carbons (Fsp3) is 0. The Bertz CT molecular complexity index is 529. The van der Waals surface area contributed by atoms with Gasteiger partial charge < -0.3 is 4.42 Å². The van der Waals surface area contributed by atoms with E-state index < -0.39 is 0 Å². The second-order valence-electron chi connectivity index (χ2n) is 3.01. The van der Waals surface area contributed by atoms with Crippen molar-refractivity contribution in [2.45, 2.75) is 0 Å². The molecule has 2 rings (SSSR count). The molecule has 0 aliphatic rings. The summed E-state index contributed by atoms with van der Waals surface area (Å²) in [5.41, 5.74) is 1.58. The summed E-state index contributed by atoms with van der Waals surface area (Å²) >= 11 is 0. The highest BCUT2D eigenvalue weighted by Gasteiger charge is 2.06. The smallest absolute Gasteiger partial charge is 0.185 e. The zero-order valence-corrected chi connectivity index (χ0v) is 7.94. The summed E-state index contributed by atoms with van der Waals surface area (Å²) < 4.78 is 5.30. The maximum absolute atomic E-state index is 10.5. The van der Waals surface area contributed by atoms with Crippen molar-refractivity contribution >= 4 is 6.29 Å². The van der Waals surface area contributed by atoms with E-state index in [0.29, 0.717) is 17.8 Å². The van der Waals surface area contributed by atoms with E-state index in [1.807, 2.05) is 24.3 Å². The molecule has 0 saturated carbocycles. The molecule has 0 N–H and O–H groups in total. The molecule has 0 spiro atoms. The van der Waals surface area contributed by atoms with Gasteiger partial charge in [-0.05, 0) is 24.3 Å². The number of benzene rings is 1.